The van der Waals surface area contributed by atoms with Gasteiger partial charge in [0, 0.05) is 36.8 Å². The number of aromatic nitrogens is 1. The molecule has 1 fully saturated rings. The van der Waals surface area contributed by atoms with Crippen molar-refractivity contribution in [3.8, 4) is 0 Å². The van der Waals surface area contributed by atoms with Gasteiger partial charge in [-0.15, -0.1) is 11.3 Å². The van der Waals surface area contributed by atoms with Crippen LogP contribution < -0.4 is 5.32 Å². The van der Waals surface area contributed by atoms with Gasteiger partial charge in [-0.05, 0) is 31.4 Å². The van der Waals surface area contributed by atoms with E-state index in [9.17, 15) is 9.18 Å². The van der Waals surface area contributed by atoms with Crippen LogP contribution in [0, 0.1) is 18.7 Å². The predicted octanol–water partition coefficient (Wildman–Crippen LogP) is 3.23. The van der Waals surface area contributed by atoms with E-state index in [2.05, 4.69) is 22.1 Å². The summed E-state index contributed by atoms with van der Waals surface area (Å²) in [5.74, 6) is -0.472. The summed E-state index contributed by atoms with van der Waals surface area (Å²) in [7, 11) is 0. The summed E-state index contributed by atoms with van der Waals surface area (Å²) in [6.45, 7) is 6.89. The van der Waals surface area contributed by atoms with Crippen LogP contribution in [-0.4, -0.2) is 34.9 Å². The van der Waals surface area contributed by atoms with E-state index in [1.165, 1.54) is 17.0 Å². The number of hydrogen-bond donors (Lipinski definition) is 1. The molecule has 0 saturated carbocycles. The van der Waals surface area contributed by atoms with E-state index in [0.29, 0.717) is 5.92 Å². The molecule has 128 valence electrons. The molecule has 1 amide bonds. The van der Waals surface area contributed by atoms with Gasteiger partial charge in [0.25, 0.3) is 5.91 Å². The van der Waals surface area contributed by atoms with Crippen molar-refractivity contribution in [3.05, 3.63) is 51.7 Å². The van der Waals surface area contributed by atoms with Gasteiger partial charge in [0.05, 0.1) is 10.6 Å². The third-order valence-corrected chi connectivity index (χ3v) is 5.37. The molecule has 1 aliphatic rings. The molecule has 2 atom stereocenters. The highest BCUT2D eigenvalue weighted by Gasteiger charge is 2.28. The SMILES string of the molecule is Cc1ncc(CN2CC[C@H](NC(=O)c3ccccc3F)[C@@H](C)C2)s1. The van der Waals surface area contributed by atoms with Crippen LogP contribution in [0.4, 0.5) is 4.39 Å². The molecule has 1 N–H and O–H groups in total. The molecule has 0 radical (unpaired) electrons. The summed E-state index contributed by atoms with van der Waals surface area (Å²) in [6.07, 6.45) is 2.82. The Hall–Kier alpha value is -1.79. The number of nitrogens with one attached hydrogen (secondary N) is 1. The fourth-order valence-electron chi connectivity index (χ4n) is 3.18. The summed E-state index contributed by atoms with van der Waals surface area (Å²) in [6, 6.07) is 6.20. The molecule has 24 heavy (non-hydrogen) atoms. The Balaban J connectivity index is 1.56. The Morgan fingerprint density at radius 2 is 2.25 bits per heavy atom. The molecule has 4 nitrogen and oxygen atoms in total. The lowest BCUT2D eigenvalue weighted by Gasteiger charge is -2.37. The minimum absolute atomic E-state index is 0.0801. The van der Waals surface area contributed by atoms with E-state index in [0.717, 1.165) is 31.1 Å². The van der Waals surface area contributed by atoms with Crippen molar-refractivity contribution in [1.82, 2.24) is 15.2 Å². The van der Waals surface area contributed by atoms with Crippen molar-refractivity contribution < 1.29 is 9.18 Å². The lowest BCUT2D eigenvalue weighted by Crippen LogP contribution is -2.49. The number of carbonyl (C=O) groups is 1. The second kappa shape index (κ2) is 7.40. The quantitative estimate of drug-likeness (QED) is 0.924. The first-order valence-corrected chi connectivity index (χ1v) is 9.03. The Kier molecular flexibility index (Phi) is 5.26. The number of aryl methyl sites for hydroxylation is 1. The lowest BCUT2D eigenvalue weighted by atomic mass is 9.93. The van der Waals surface area contributed by atoms with Crippen LogP contribution in [0.2, 0.25) is 0 Å². The lowest BCUT2D eigenvalue weighted by molar-refractivity contribution is 0.0857. The van der Waals surface area contributed by atoms with E-state index in [1.807, 2.05) is 13.1 Å². The fraction of sp³-hybridized carbons (Fsp3) is 0.444. The van der Waals surface area contributed by atoms with E-state index in [-0.39, 0.29) is 17.5 Å². The number of likely N-dealkylation sites (tertiary alicyclic amines) is 1. The van der Waals surface area contributed by atoms with Crippen LogP contribution in [0.15, 0.2) is 30.5 Å². The standard InChI is InChI=1S/C18H22FN3OS/c1-12-10-22(11-14-9-20-13(2)24-14)8-7-17(12)21-18(23)15-5-3-4-6-16(15)19/h3-6,9,12,17H,7-8,10-11H2,1-2H3,(H,21,23)/t12-,17-/m0/s1. The maximum atomic E-state index is 13.7. The maximum Gasteiger partial charge on any atom is 0.254 e. The number of nitrogens with zero attached hydrogens (tertiary/aromatic N) is 2. The highest BCUT2D eigenvalue weighted by molar-refractivity contribution is 7.11. The summed E-state index contributed by atoms with van der Waals surface area (Å²) in [5.41, 5.74) is 0.118. The number of halogens is 1. The Labute approximate surface area is 145 Å². The monoisotopic (exact) mass is 347 g/mol. The largest absolute Gasteiger partial charge is 0.349 e. The van der Waals surface area contributed by atoms with Gasteiger partial charge < -0.3 is 5.32 Å². The van der Waals surface area contributed by atoms with Gasteiger partial charge >= 0.3 is 0 Å². The van der Waals surface area contributed by atoms with Gasteiger partial charge in [-0.2, -0.15) is 0 Å². The zero-order valence-electron chi connectivity index (χ0n) is 14.0. The van der Waals surface area contributed by atoms with Gasteiger partial charge in [0.1, 0.15) is 5.82 Å². The van der Waals surface area contributed by atoms with E-state index in [1.54, 1.807) is 23.5 Å². The minimum Gasteiger partial charge on any atom is -0.349 e. The normalized spacial score (nSPS) is 21.6. The fourth-order valence-corrected chi connectivity index (χ4v) is 4.02. The van der Waals surface area contributed by atoms with Crippen molar-refractivity contribution in [2.45, 2.75) is 32.9 Å². The number of amides is 1. The first kappa shape index (κ1) is 17.0. The number of hydrogen-bond acceptors (Lipinski definition) is 4. The van der Waals surface area contributed by atoms with Crippen LogP contribution in [0.1, 0.15) is 33.6 Å². The number of piperidine rings is 1. The number of rotatable bonds is 4. The molecule has 2 heterocycles. The third kappa shape index (κ3) is 3.99. The van der Waals surface area contributed by atoms with Gasteiger partial charge in [0.15, 0.2) is 0 Å². The van der Waals surface area contributed by atoms with Gasteiger partial charge in [-0.3, -0.25) is 9.69 Å². The molecule has 1 aromatic heterocycles. The molecule has 1 aliphatic heterocycles. The van der Waals surface area contributed by atoms with Crippen LogP contribution >= 0.6 is 11.3 Å². The van der Waals surface area contributed by atoms with Crippen molar-refractivity contribution in [3.63, 3.8) is 0 Å². The van der Waals surface area contributed by atoms with Gasteiger partial charge in [-0.1, -0.05) is 19.1 Å². The van der Waals surface area contributed by atoms with Crippen molar-refractivity contribution in [2.24, 2.45) is 5.92 Å². The molecule has 2 aromatic rings. The summed E-state index contributed by atoms with van der Waals surface area (Å²) in [5, 5.41) is 4.09. The Bertz CT molecular complexity index is 718. The molecule has 0 aliphatic carbocycles. The Morgan fingerprint density at radius 1 is 1.46 bits per heavy atom. The number of benzene rings is 1. The van der Waals surface area contributed by atoms with Gasteiger partial charge in [-0.25, -0.2) is 9.37 Å². The van der Waals surface area contributed by atoms with Gasteiger partial charge in [0.2, 0.25) is 0 Å². The molecular formula is C18H22FN3OS. The molecule has 3 rings (SSSR count). The van der Waals surface area contributed by atoms with E-state index < -0.39 is 5.82 Å². The zero-order chi connectivity index (χ0) is 17.1. The topological polar surface area (TPSA) is 45.2 Å². The summed E-state index contributed by atoms with van der Waals surface area (Å²) < 4.78 is 13.7. The van der Waals surface area contributed by atoms with Crippen molar-refractivity contribution in [2.75, 3.05) is 13.1 Å². The molecule has 6 heteroatoms. The molecule has 0 unspecified atom stereocenters. The third-order valence-electron chi connectivity index (χ3n) is 4.47. The Morgan fingerprint density at radius 3 is 2.92 bits per heavy atom. The molecule has 0 bridgehead atoms. The molecule has 0 spiro atoms. The number of carbonyl (C=O) groups excluding carboxylic acids is 1. The highest BCUT2D eigenvalue weighted by Crippen LogP contribution is 2.21. The van der Waals surface area contributed by atoms with Crippen LogP contribution in [0.5, 0.6) is 0 Å². The first-order valence-electron chi connectivity index (χ1n) is 8.22. The second-order valence-electron chi connectivity index (χ2n) is 6.41. The van der Waals surface area contributed by atoms with E-state index >= 15 is 0 Å². The zero-order valence-corrected chi connectivity index (χ0v) is 14.8. The predicted molar refractivity (Wildman–Crippen MR) is 93.6 cm³/mol. The van der Waals surface area contributed by atoms with Crippen LogP contribution in [0.3, 0.4) is 0 Å². The smallest absolute Gasteiger partial charge is 0.254 e. The van der Waals surface area contributed by atoms with Crippen LogP contribution in [-0.2, 0) is 6.54 Å². The first-order chi connectivity index (χ1) is 11.5. The maximum absolute atomic E-state index is 13.7. The average molecular weight is 347 g/mol. The van der Waals surface area contributed by atoms with Crippen molar-refractivity contribution in [1.29, 1.82) is 0 Å². The summed E-state index contributed by atoms with van der Waals surface area (Å²) in [4.78, 5) is 20.2. The highest BCUT2D eigenvalue weighted by atomic mass is 32.1. The summed E-state index contributed by atoms with van der Waals surface area (Å²) >= 11 is 1.73. The average Bonchev–Trinajstić information content (AvgIpc) is 2.95. The minimum atomic E-state index is -0.472. The second-order valence-corrected chi connectivity index (χ2v) is 7.73. The van der Waals surface area contributed by atoms with E-state index in [4.69, 9.17) is 0 Å². The van der Waals surface area contributed by atoms with Crippen molar-refractivity contribution >= 4 is 17.2 Å². The molecule has 1 saturated heterocycles. The number of thiazole rings is 1. The molecule has 1 aromatic carbocycles. The van der Waals surface area contributed by atoms with Crippen LogP contribution in [0.25, 0.3) is 0 Å². The molecular weight excluding hydrogens is 325 g/mol.